The van der Waals surface area contributed by atoms with E-state index in [0.29, 0.717) is 40.1 Å². The smallest absolute Gasteiger partial charge is 0.265 e. The Morgan fingerprint density at radius 1 is 1.14 bits per heavy atom. The van der Waals surface area contributed by atoms with Gasteiger partial charge in [-0.1, -0.05) is 60.6 Å². The van der Waals surface area contributed by atoms with Crippen LogP contribution in [-0.2, 0) is 12.1 Å². The van der Waals surface area contributed by atoms with Crippen molar-refractivity contribution >= 4 is 29.0 Å². The molecule has 0 bridgehead atoms. The monoisotopic (exact) mass is 586 g/mol. The molecule has 2 aliphatic rings. The van der Waals surface area contributed by atoms with Crippen LogP contribution in [0.15, 0.2) is 101 Å². The van der Waals surface area contributed by atoms with Gasteiger partial charge in [0.1, 0.15) is 0 Å². The molecule has 7 N–H and O–H groups in total. The highest BCUT2D eigenvalue weighted by Gasteiger charge is 2.40. The zero-order chi connectivity index (χ0) is 29.7. The van der Waals surface area contributed by atoms with Gasteiger partial charge in [-0.25, -0.2) is 15.5 Å². The normalized spacial score (nSPS) is 15.6. The highest BCUT2D eigenvalue weighted by molar-refractivity contribution is 6.32. The van der Waals surface area contributed by atoms with E-state index in [4.69, 9.17) is 27.4 Å². The first-order valence-corrected chi connectivity index (χ1v) is 14.1. The molecule has 0 radical (unpaired) electrons. The van der Waals surface area contributed by atoms with E-state index >= 15 is 0 Å². The van der Waals surface area contributed by atoms with E-state index in [1.54, 1.807) is 23.2 Å². The van der Waals surface area contributed by atoms with Crippen LogP contribution in [0.3, 0.4) is 0 Å². The van der Waals surface area contributed by atoms with Gasteiger partial charge in [0.2, 0.25) is 0 Å². The summed E-state index contributed by atoms with van der Waals surface area (Å²) in [5.74, 6) is 0.454. The Morgan fingerprint density at radius 3 is 2.64 bits per heavy atom. The van der Waals surface area contributed by atoms with Crippen molar-refractivity contribution in [3.8, 4) is 0 Å². The molecule has 11 heteroatoms. The van der Waals surface area contributed by atoms with Gasteiger partial charge in [-0.2, -0.15) is 0 Å². The number of unbranched alkanes of at least 4 members (excludes halogenated alkanes) is 1. The molecule has 2 aliphatic heterocycles. The van der Waals surface area contributed by atoms with Crippen molar-refractivity contribution < 1.29 is 10.2 Å². The number of hydrazone groups is 1. The molecule has 0 spiro atoms. The lowest BCUT2D eigenvalue weighted by Crippen LogP contribution is -2.44. The number of nitrogens with two attached hydrogens (primary N) is 1. The lowest BCUT2D eigenvalue weighted by atomic mass is 9.81. The summed E-state index contributed by atoms with van der Waals surface area (Å²) in [7, 11) is 1.79. The van der Waals surface area contributed by atoms with Crippen molar-refractivity contribution in [2.24, 2.45) is 15.8 Å². The molecule has 0 aliphatic carbocycles. The van der Waals surface area contributed by atoms with E-state index in [1.165, 1.54) is 6.20 Å². The number of hydrazine groups is 2. The summed E-state index contributed by atoms with van der Waals surface area (Å²) in [6, 6.07) is 21.0. The zero-order valence-electron chi connectivity index (χ0n) is 23.4. The van der Waals surface area contributed by atoms with E-state index in [2.05, 4.69) is 28.1 Å². The lowest BCUT2D eigenvalue weighted by molar-refractivity contribution is 0.0967. The van der Waals surface area contributed by atoms with Gasteiger partial charge in [0.05, 0.1) is 17.1 Å². The topological polar surface area (TPSA) is 134 Å². The molecule has 0 saturated carbocycles. The van der Waals surface area contributed by atoms with Gasteiger partial charge in [-0.15, -0.1) is 10.6 Å². The number of fused-ring (bicyclic) bond motifs is 3. The third-order valence-electron chi connectivity index (χ3n) is 7.38. The van der Waals surface area contributed by atoms with Crippen molar-refractivity contribution in [2.75, 3.05) is 25.2 Å². The number of likely N-dealkylation sites (N-methyl/N-ethyl adjacent to an activating group) is 1. The largest absolute Gasteiger partial charge is 0.403 e. The predicted molar refractivity (Wildman–Crippen MR) is 167 cm³/mol. The molecule has 42 heavy (non-hydrogen) atoms. The summed E-state index contributed by atoms with van der Waals surface area (Å²) in [6.07, 6.45) is 4.68. The first kappa shape index (κ1) is 29.3. The molecule has 10 nitrogen and oxygen atoms in total. The second kappa shape index (κ2) is 12.8. The fraction of sp³-hybridized carbons (Fsp3) is 0.226. The fourth-order valence-electron chi connectivity index (χ4n) is 5.14. The number of guanidine groups is 1. The summed E-state index contributed by atoms with van der Waals surface area (Å²) in [4.78, 5) is 6.52. The van der Waals surface area contributed by atoms with Gasteiger partial charge in [-0.3, -0.25) is 0 Å². The van der Waals surface area contributed by atoms with Gasteiger partial charge >= 0.3 is 0 Å². The number of nitrogens with one attached hydrogen (secondary N) is 3. The van der Waals surface area contributed by atoms with Gasteiger partial charge in [0, 0.05) is 42.5 Å². The highest BCUT2D eigenvalue weighted by atomic mass is 35.5. The number of aliphatic hydroxyl groups is 2. The van der Waals surface area contributed by atoms with Crippen LogP contribution in [0.1, 0.15) is 40.7 Å². The van der Waals surface area contributed by atoms with Gasteiger partial charge in [0.15, 0.2) is 5.60 Å². The molecule has 0 saturated heterocycles. The minimum Gasteiger partial charge on any atom is -0.403 e. The van der Waals surface area contributed by atoms with Crippen LogP contribution in [0.4, 0.5) is 5.69 Å². The maximum Gasteiger partial charge on any atom is 0.265 e. The molecule has 0 amide bonds. The summed E-state index contributed by atoms with van der Waals surface area (Å²) in [6.45, 7) is 5.58. The summed E-state index contributed by atoms with van der Waals surface area (Å²) in [5, 5.41) is 31.6. The number of hydrogen-bond donors (Lipinski definition) is 6. The molecule has 1 atom stereocenters. The Bertz CT molecular complexity index is 1540. The second-order valence-electron chi connectivity index (χ2n) is 10.0. The number of aliphatic imine (C=N–C) groups is 1. The fourth-order valence-corrected chi connectivity index (χ4v) is 5.33. The number of aliphatic hydroxyl groups excluding tert-OH is 1. The molecular weight excluding hydrogens is 552 g/mol. The van der Waals surface area contributed by atoms with Gasteiger partial charge in [-0.05, 0) is 66.5 Å². The SMILES string of the molecule is C=CN(C)/C(=C\N)C(O)(c1ccc(CNCCCCO)cc1)c1ccc2c(c1)C(c1cccc(Cl)c1)=NC1=NNNN12. The van der Waals surface area contributed by atoms with Crippen LogP contribution in [0.25, 0.3) is 0 Å². The molecule has 2 heterocycles. The van der Waals surface area contributed by atoms with Crippen LogP contribution < -0.4 is 27.1 Å². The van der Waals surface area contributed by atoms with Crippen molar-refractivity contribution in [3.63, 3.8) is 0 Å². The average molecular weight is 587 g/mol. The molecule has 1 unspecified atom stereocenters. The first-order valence-electron chi connectivity index (χ1n) is 13.7. The van der Waals surface area contributed by atoms with Crippen molar-refractivity contribution in [1.29, 1.82) is 0 Å². The quantitative estimate of drug-likeness (QED) is 0.178. The van der Waals surface area contributed by atoms with Crippen molar-refractivity contribution in [1.82, 2.24) is 21.3 Å². The Labute approximate surface area is 250 Å². The summed E-state index contributed by atoms with van der Waals surface area (Å²) >= 11 is 6.35. The van der Waals surface area contributed by atoms with E-state index < -0.39 is 5.60 Å². The molecule has 3 aromatic carbocycles. The zero-order valence-corrected chi connectivity index (χ0v) is 24.1. The molecule has 0 aromatic heterocycles. The number of rotatable bonds is 12. The molecule has 218 valence electrons. The third-order valence-corrected chi connectivity index (χ3v) is 7.62. The predicted octanol–water partition coefficient (Wildman–Crippen LogP) is 3.26. The number of anilines is 1. The van der Waals surface area contributed by atoms with Crippen LogP contribution in [-0.4, -0.2) is 47.0 Å². The number of benzene rings is 3. The van der Waals surface area contributed by atoms with Crippen molar-refractivity contribution in [2.45, 2.75) is 25.0 Å². The standard InChI is InChI=1S/C31H35ClN8O2/c1-3-39(2)28(19-33)31(42,23-11-9-21(10-12-23)20-34-15-4-5-16-41)24-13-14-27-26(18-24)29(22-7-6-8-25(32)17-22)35-30-36-37-38-40(27)30/h3,6-14,17-19,34,37-38,41-42H,1,4-5,15-16,20,33H2,2H3/b28-19-. The molecule has 5 rings (SSSR count). The number of hydrogen-bond acceptors (Lipinski definition) is 10. The van der Waals surface area contributed by atoms with Gasteiger partial charge < -0.3 is 26.2 Å². The maximum atomic E-state index is 12.7. The first-order chi connectivity index (χ1) is 20.4. The molecular formula is C31H35ClN8O2. The van der Waals surface area contributed by atoms with E-state index in [-0.39, 0.29) is 6.61 Å². The minimum atomic E-state index is -1.63. The van der Waals surface area contributed by atoms with Crippen molar-refractivity contribution in [3.05, 3.63) is 124 Å². The maximum absolute atomic E-state index is 12.7. The average Bonchev–Trinajstić information content (AvgIpc) is 3.50. The van der Waals surface area contributed by atoms with E-state index in [9.17, 15) is 5.11 Å². The summed E-state index contributed by atoms with van der Waals surface area (Å²) < 4.78 is 0. The van der Waals surface area contributed by atoms with Gasteiger partial charge in [0.25, 0.3) is 5.96 Å². The van der Waals surface area contributed by atoms with Crippen LogP contribution in [0.5, 0.6) is 0 Å². The molecule has 0 fully saturated rings. The van der Waals surface area contributed by atoms with E-state index in [1.807, 2.05) is 66.7 Å². The number of halogens is 1. The number of nitrogens with zero attached hydrogens (tertiary/aromatic N) is 4. The Balaban J connectivity index is 1.59. The Hall–Kier alpha value is -4.19. The highest BCUT2D eigenvalue weighted by Crippen LogP contribution is 2.41. The Kier molecular flexibility index (Phi) is 8.91. The van der Waals surface area contributed by atoms with Crippen LogP contribution in [0, 0.1) is 0 Å². The molecule has 3 aromatic rings. The second-order valence-corrected chi connectivity index (χ2v) is 10.5. The van der Waals surface area contributed by atoms with Crippen LogP contribution >= 0.6 is 11.6 Å². The minimum absolute atomic E-state index is 0.195. The Morgan fingerprint density at radius 2 is 1.93 bits per heavy atom. The third kappa shape index (κ3) is 5.63. The summed E-state index contributed by atoms with van der Waals surface area (Å²) in [5.41, 5.74) is 16.1. The lowest BCUT2D eigenvalue weighted by Gasteiger charge is -2.37. The van der Waals surface area contributed by atoms with E-state index in [0.717, 1.165) is 41.8 Å². The van der Waals surface area contributed by atoms with Crippen LogP contribution in [0.2, 0.25) is 5.02 Å².